The van der Waals surface area contributed by atoms with Crippen LogP contribution in [0.5, 0.6) is 0 Å². The van der Waals surface area contributed by atoms with E-state index in [1.54, 1.807) is 38.3 Å². The molecule has 2 N–H and O–H groups in total. The van der Waals surface area contributed by atoms with Crippen molar-refractivity contribution in [3.05, 3.63) is 29.8 Å². The summed E-state index contributed by atoms with van der Waals surface area (Å²) < 4.78 is 4.85. The second-order valence-corrected chi connectivity index (χ2v) is 3.73. The fourth-order valence-electron chi connectivity index (χ4n) is 1.36. The Balaban J connectivity index is 2.63. The molecule has 0 saturated heterocycles. The lowest BCUT2D eigenvalue weighted by molar-refractivity contribution is -0.115. The summed E-state index contributed by atoms with van der Waals surface area (Å²) >= 11 is 0. The fraction of sp³-hybridized carbons (Fsp3) is 0.385. The van der Waals surface area contributed by atoms with Crippen LogP contribution in [0, 0.1) is 0 Å². The second kappa shape index (κ2) is 7.45. The molecule has 0 aliphatic rings. The molecule has 0 fully saturated rings. The highest BCUT2D eigenvalue weighted by molar-refractivity contribution is 5.97. The molecule has 5 nitrogen and oxygen atoms in total. The van der Waals surface area contributed by atoms with Gasteiger partial charge < -0.3 is 15.4 Å². The lowest BCUT2D eigenvalue weighted by atomic mass is 10.2. The Hall–Kier alpha value is -1.88. The number of methoxy groups -OCH3 is 1. The number of carbonyl (C=O) groups is 2. The van der Waals surface area contributed by atoms with E-state index in [9.17, 15) is 9.59 Å². The maximum Gasteiger partial charge on any atom is 0.251 e. The smallest absolute Gasteiger partial charge is 0.251 e. The monoisotopic (exact) mass is 250 g/mol. The van der Waals surface area contributed by atoms with Crippen molar-refractivity contribution < 1.29 is 14.3 Å². The standard InChI is InChI=1S/C13H18N2O3/c1-3-12(16)15-11-6-4-5-10(9-11)13(17)14-7-8-18-2/h4-6,9H,3,7-8H2,1-2H3,(H,14,17)(H,15,16). The minimum Gasteiger partial charge on any atom is -0.383 e. The molecule has 0 unspecified atom stereocenters. The second-order valence-electron chi connectivity index (χ2n) is 3.73. The third kappa shape index (κ3) is 4.55. The molecule has 1 aromatic rings. The fourth-order valence-corrected chi connectivity index (χ4v) is 1.36. The number of anilines is 1. The number of amides is 2. The molecule has 98 valence electrons. The SMILES string of the molecule is CCC(=O)Nc1cccc(C(=O)NCCOC)c1. The summed E-state index contributed by atoms with van der Waals surface area (Å²) in [4.78, 5) is 23.0. The average molecular weight is 250 g/mol. The molecule has 0 bridgehead atoms. The molecule has 2 amide bonds. The van der Waals surface area contributed by atoms with E-state index in [1.807, 2.05) is 0 Å². The molecule has 5 heteroatoms. The molecule has 0 heterocycles. The van der Waals surface area contributed by atoms with E-state index in [2.05, 4.69) is 10.6 Å². The predicted octanol–water partition coefficient (Wildman–Crippen LogP) is 1.41. The van der Waals surface area contributed by atoms with Crippen LogP contribution >= 0.6 is 0 Å². The van der Waals surface area contributed by atoms with Crippen LogP contribution < -0.4 is 10.6 Å². The third-order valence-electron chi connectivity index (χ3n) is 2.32. The highest BCUT2D eigenvalue weighted by Gasteiger charge is 2.06. The summed E-state index contributed by atoms with van der Waals surface area (Å²) in [6.07, 6.45) is 0.407. The maximum atomic E-state index is 11.7. The minimum atomic E-state index is -0.181. The molecule has 0 aromatic heterocycles. The summed E-state index contributed by atoms with van der Waals surface area (Å²) in [7, 11) is 1.58. The topological polar surface area (TPSA) is 67.4 Å². The van der Waals surface area contributed by atoms with Gasteiger partial charge in [0.25, 0.3) is 5.91 Å². The molecular formula is C13H18N2O3. The van der Waals surface area contributed by atoms with Gasteiger partial charge in [0.05, 0.1) is 6.61 Å². The first-order valence-corrected chi connectivity index (χ1v) is 5.84. The molecule has 1 aromatic carbocycles. The van der Waals surface area contributed by atoms with Crippen molar-refractivity contribution in [3.8, 4) is 0 Å². The zero-order valence-electron chi connectivity index (χ0n) is 10.7. The Morgan fingerprint density at radius 3 is 2.78 bits per heavy atom. The van der Waals surface area contributed by atoms with Gasteiger partial charge in [0, 0.05) is 31.3 Å². The van der Waals surface area contributed by atoms with Gasteiger partial charge in [0.1, 0.15) is 0 Å². The summed E-state index contributed by atoms with van der Waals surface area (Å²) in [5.74, 6) is -0.258. The molecule has 18 heavy (non-hydrogen) atoms. The lowest BCUT2D eigenvalue weighted by Gasteiger charge is -2.07. The average Bonchev–Trinajstić information content (AvgIpc) is 2.39. The Labute approximate surface area is 107 Å². The van der Waals surface area contributed by atoms with Gasteiger partial charge in [-0.1, -0.05) is 13.0 Å². The molecule has 0 saturated carbocycles. The number of hydrogen-bond acceptors (Lipinski definition) is 3. The van der Waals surface area contributed by atoms with Crippen LogP contribution in [0.25, 0.3) is 0 Å². The van der Waals surface area contributed by atoms with Crippen molar-refractivity contribution in [3.63, 3.8) is 0 Å². The predicted molar refractivity (Wildman–Crippen MR) is 69.6 cm³/mol. The normalized spacial score (nSPS) is 9.89. The van der Waals surface area contributed by atoms with Gasteiger partial charge in [0.2, 0.25) is 5.91 Å². The Morgan fingerprint density at radius 1 is 1.33 bits per heavy atom. The molecule has 0 spiro atoms. The van der Waals surface area contributed by atoms with Crippen molar-refractivity contribution in [2.24, 2.45) is 0 Å². The van der Waals surface area contributed by atoms with Gasteiger partial charge >= 0.3 is 0 Å². The molecule has 0 aliphatic heterocycles. The highest BCUT2D eigenvalue weighted by Crippen LogP contribution is 2.10. The van der Waals surface area contributed by atoms with Gasteiger partial charge in [-0.2, -0.15) is 0 Å². The van der Waals surface area contributed by atoms with E-state index >= 15 is 0 Å². The molecule has 0 aliphatic carbocycles. The number of benzene rings is 1. The van der Waals surface area contributed by atoms with Crippen LogP contribution in [-0.2, 0) is 9.53 Å². The van der Waals surface area contributed by atoms with E-state index in [4.69, 9.17) is 4.74 Å². The first-order chi connectivity index (χ1) is 8.67. The van der Waals surface area contributed by atoms with Gasteiger partial charge in [-0.15, -0.1) is 0 Å². The first-order valence-electron chi connectivity index (χ1n) is 5.84. The molecule has 1 rings (SSSR count). The zero-order valence-corrected chi connectivity index (χ0v) is 10.7. The van der Waals surface area contributed by atoms with Crippen LogP contribution in [0.15, 0.2) is 24.3 Å². The van der Waals surface area contributed by atoms with E-state index in [-0.39, 0.29) is 11.8 Å². The Kier molecular flexibility index (Phi) is 5.87. The van der Waals surface area contributed by atoms with E-state index in [1.165, 1.54) is 0 Å². The molecular weight excluding hydrogens is 232 g/mol. The lowest BCUT2D eigenvalue weighted by Crippen LogP contribution is -2.27. The Bertz CT molecular complexity index is 418. The van der Waals surface area contributed by atoms with E-state index in [0.29, 0.717) is 30.8 Å². The minimum absolute atomic E-state index is 0.0769. The molecule has 0 atom stereocenters. The van der Waals surface area contributed by atoms with Crippen molar-refractivity contribution in [1.29, 1.82) is 0 Å². The van der Waals surface area contributed by atoms with Crippen LogP contribution in [0.1, 0.15) is 23.7 Å². The van der Waals surface area contributed by atoms with Crippen molar-refractivity contribution in [2.75, 3.05) is 25.6 Å². The largest absolute Gasteiger partial charge is 0.383 e. The first kappa shape index (κ1) is 14.2. The summed E-state index contributed by atoms with van der Waals surface area (Å²) in [5, 5.41) is 5.43. The Morgan fingerprint density at radius 2 is 2.11 bits per heavy atom. The van der Waals surface area contributed by atoms with Crippen LogP contribution in [0.4, 0.5) is 5.69 Å². The van der Waals surface area contributed by atoms with Crippen LogP contribution in [0.2, 0.25) is 0 Å². The molecule has 0 radical (unpaired) electrons. The van der Waals surface area contributed by atoms with Gasteiger partial charge in [-0.3, -0.25) is 9.59 Å². The van der Waals surface area contributed by atoms with Gasteiger partial charge in [-0.05, 0) is 18.2 Å². The van der Waals surface area contributed by atoms with Crippen molar-refractivity contribution in [2.45, 2.75) is 13.3 Å². The number of rotatable bonds is 6. The number of ether oxygens (including phenoxy) is 1. The van der Waals surface area contributed by atoms with Crippen LogP contribution in [0.3, 0.4) is 0 Å². The van der Waals surface area contributed by atoms with Gasteiger partial charge in [-0.25, -0.2) is 0 Å². The quantitative estimate of drug-likeness (QED) is 0.750. The number of carbonyl (C=O) groups excluding carboxylic acids is 2. The summed E-state index contributed by atoms with van der Waals surface area (Å²) in [6.45, 7) is 2.70. The van der Waals surface area contributed by atoms with Crippen molar-refractivity contribution in [1.82, 2.24) is 5.32 Å². The zero-order chi connectivity index (χ0) is 13.4. The van der Waals surface area contributed by atoms with Crippen LogP contribution in [-0.4, -0.2) is 32.1 Å². The third-order valence-corrected chi connectivity index (χ3v) is 2.32. The highest BCUT2D eigenvalue weighted by atomic mass is 16.5. The number of nitrogens with one attached hydrogen (secondary N) is 2. The summed E-state index contributed by atoms with van der Waals surface area (Å²) in [5.41, 5.74) is 1.14. The van der Waals surface area contributed by atoms with Gasteiger partial charge in [0.15, 0.2) is 0 Å². The number of hydrogen-bond donors (Lipinski definition) is 2. The van der Waals surface area contributed by atoms with Crippen molar-refractivity contribution >= 4 is 17.5 Å². The van der Waals surface area contributed by atoms with E-state index < -0.39 is 0 Å². The summed E-state index contributed by atoms with van der Waals surface area (Å²) in [6, 6.07) is 6.83. The maximum absolute atomic E-state index is 11.7. The van der Waals surface area contributed by atoms with E-state index in [0.717, 1.165) is 0 Å².